The van der Waals surface area contributed by atoms with Crippen molar-refractivity contribution in [1.82, 2.24) is 4.90 Å². The van der Waals surface area contributed by atoms with Crippen LogP contribution in [0.15, 0.2) is 60.7 Å². The molecule has 0 spiro atoms. The number of anilines is 1. The Morgan fingerprint density at radius 3 is 2.17 bits per heavy atom. The van der Waals surface area contributed by atoms with E-state index in [1.807, 2.05) is 37.3 Å². The van der Waals surface area contributed by atoms with Gasteiger partial charge in [0.05, 0.1) is 0 Å². The van der Waals surface area contributed by atoms with Crippen LogP contribution < -0.4 is 4.90 Å². The van der Waals surface area contributed by atoms with Gasteiger partial charge in [-0.2, -0.15) is 8.42 Å². The lowest BCUT2D eigenvalue weighted by atomic mass is 9.98. The molecule has 1 fully saturated rings. The molecule has 1 aliphatic heterocycles. The highest BCUT2D eigenvalue weighted by Gasteiger charge is 2.30. The van der Waals surface area contributed by atoms with E-state index in [0.717, 1.165) is 14.8 Å². The summed E-state index contributed by atoms with van der Waals surface area (Å²) in [4.78, 5) is 16.7. The first-order chi connectivity index (χ1) is 17.2. The minimum atomic E-state index is -4.63. The van der Waals surface area contributed by atoms with Crippen molar-refractivity contribution < 1.29 is 21.8 Å². The van der Waals surface area contributed by atoms with Crippen LogP contribution in [-0.2, 0) is 20.7 Å². The smallest absolute Gasteiger partial charge is 0.409 e. The summed E-state index contributed by atoms with van der Waals surface area (Å²) in [6.07, 6.45) is -0.333. The first-order valence-corrected chi connectivity index (χ1v) is 14.4. The van der Waals surface area contributed by atoms with Gasteiger partial charge in [-0.3, -0.25) is 0 Å². The first-order valence-electron chi connectivity index (χ1n) is 11.8. The second kappa shape index (κ2) is 10.0. The number of piperazine rings is 1. The van der Waals surface area contributed by atoms with E-state index in [1.165, 1.54) is 22.3 Å². The molecule has 0 N–H and O–H groups in total. The number of ether oxygens (including phenoxy) is 1. The molecule has 0 atom stereocenters. The zero-order valence-corrected chi connectivity index (χ0v) is 22.8. The predicted octanol–water partition coefficient (Wildman–Crippen LogP) is 5.47. The van der Waals surface area contributed by atoms with Crippen LogP contribution in [0.2, 0.25) is 0 Å². The van der Waals surface area contributed by atoms with E-state index in [9.17, 15) is 17.1 Å². The van der Waals surface area contributed by atoms with E-state index in [1.54, 1.807) is 11.0 Å². The van der Waals surface area contributed by atoms with Gasteiger partial charge in [0.1, 0.15) is 12.4 Å². The highest BCUT2D eigenvalue weighted by molar-refractivity contribution is 14.1. The summed E-state index contributed by atoms with van der Waals surface area (Å²) in [5.74, 6) is -0.621. The number of fused-ring (bicyclic) bond motifs is 3. The lowest BCUT2D eigenvalue weighted by molar-refractivity contribution is 0.0977. The number of carbonyl (C=O) groups is 1. The maximum atomic E-state index is 13.3. The van der Waals surface area contributed by atoms with E-state index in [0.29, 0.717) is 31.7 Å². The van der Waals surface area contributed by atoms with Crippen molar-refractivity contribution in [3.05, 3.63) is 86.5 Å². The molecule has 1 aliphatic carbocycles. The van der Waals surface area contributed by atoms with Gasteiger partial charge in [-0.05, 0) is 75.0 Å². The number of halogens is 2. The molecule has 0 unspecified atom stereocenters. The van der Waals surface area contributed by atoms with Crippen molar-refractivity contribution in [2.45, 2.75) is 18.6 Å². The van der Waals surface area contributed by atoms with Gasteiger partial charge < -0.3 is 14.5 Å². The topological polar surface area (TPSA) is 66.9 Å². The molecule has 3 aromatic rings. The third kappa shape index (κ3) is 5.08. The number of rotatable bonds is 5. The standard InChI is InChI=1S/C27H26FIN2O4S/c1-18-19(17-36(28,33)34)14-20(29)15-26(18)30-10-12-31(13-11-30)27(32)35-16-25-23-8-4-2-6-21(23)22-7-3-5-9-24(22)25/h2-9,14-15,25H,10-13,16-17H2,1H3. The van der Waals surface area contributed by atoms with E-state index in [-0.39, 0.29) is 18.6 Å². The van der Waals surface area contributed by atoms with Gasteiger partial charge in [0.25, 0.3) is 0 Å². The largest absolute Gasteiger partial charge is 0.448 e. The molecule has 1 saturated heterocycles. The summed E-state index contributed by atoms with van der Waals surface area (Å²) in [7, 11) is -4.63. The zero-order chi connectivity index (χ0) is 25.4. The third-order valence-electron chi connectivity index (χ3n) is 7.00. The van der Waals surface area contributed by atoms with Gasteiger partial charge >= 0.3 is 16.3 Å². The Labute approximate surface area is 224 Å². The SMILES string of the molecule is Cc1c(CS(=O)(=O)F)cc(I)cc1N1CCN(C(=O)OCC2c3ccccc3-c3ccccc32)CC1. The minimum Gasteiger partial charge on any atom is -0.448 e. The molecule has 0 radical (unpaired) electrons. The fourth-order valence-electron chi connectivity index (χ4n) is 5.20. The van der Waals surface area contributed by atoms with Gasteiger partial charge in [-0.25, -0.2) is 4.79 Å². The van der Waals surface area contributed by atoms with Gasteiger partial charge in [0.2, 0.25) is 0 Å². The van der Waals surface area contributed by atoms with Crippen LogP contribution >= 0.6 is 22.6 Å². The van der Waals surface area contributed by atoms with Crippen LogP contribution in [0.3, 0.4) is 0 Å². The van der Waals surface area contributed by atoms with E-state index >= 15 is 0 Å². The van der Waals surface area contributed by atoms with Crippen molar-refractivity contribution in [3.63, 3.8) is 0 Å². The van der Waals surface area contributed by atoms with Crippen molar-refractivity contribution in [1.29, 1.82) is 0 Å². The second-order valence-corrected chi connectivity index (χ2v) is 11.8. The van der Waals surface area contributed by atoms with Crippen molar-refractivity contribution in [3.8, 4) is 11.1 Å². The second-order valence-electron chi connectivity index (χ2n) is 9.17. The first kappa shape index (κ1) is 25.0. The maximum Gasteiger partial charge on any atom is 0.409 e. The fourth-order valence-corrected chi connectivity index (χ4v) is 6.54. The number of hydrogen-bond acceptors (Lipinski definition) is 5. The Bertz CT molecular complexity index is 1380. The lowest BCUT2D eigenvalue weighted by Crippen LogP contribution is -2.49. The Kier molecular flexibility index (Phi) is 6.95. The molecule has 2 aliphatic rings. The summed E-state index contributed by atoms with van der Waals surface area (Å²) in [5.41, 5.74) is 6.80. The molecule has 5 rings (SSSR count). The average molecular weight is 620 g/mol. The van der Waals surface area contributed by atoms with E-state index in [2.05, 4.69) is 51.8 Å². The molecular weight excluding hydrogens is 594 g/mol. The van der Waals surface area contributed by atoms with Crippen LogP contribution in [0.4, 0.5) is 14.4 Å². The molecule has 3 aromatic carbocycles. The highest BCUT2D eigenvalue weighted by Crippen LogP contribution is 2.44. The number of amides is 1. The average Bonchev–Trinajstić information content (AvgIpc) is 3.17. The minimum absolute atomic E-state index is 0.0156. The summed E-state index contributed by atoms with van der Waals surface area (Å²) < 4.78 is 42.4. The molecule has 0 aromatic heterocycles. The lowest BCUT2D eigenvalue weighted by Gasteiger charge is -2.36. The van der Waals surface area contributed by atoms with E-state index in [4.69, 9.17) is 4.74 Å². The number of carbonyl (C=O) groups excluding carboxylic acids is 1. The van der Waals surface area contributed by atoms with Crippen LogP contribution in [0.25, 0.3) is 11.1 Å². The molecule has 1 heterocycles. The van der Waals surface area contributed by atoms with Crippen LogP contribution in [0.1, 0.15) is 28.2 Å². The highest BCUT2D eigenvalue weighted by atomic mass is 127. The van der Waals surface area contributed by atoms with Crippen LogP contribution in [-0.4, -0.2) is 52.2 Å². The fraction of sp³-hybridized carbons (Fsp3) is 0.296. The Morgan fingerprint density at radius 1 is 1.00 bits per heavy atom. The third-order valence-corrected chi connectivity index (χ3v) is 8.27. The molecule has 6 nitrogen and oxygen atoms in total. The Balaban J connectivity index is 1.23. The molecular formula is C27H26FIN2O4S. The molecule has 36 heavy (non-hydrogen) atoms. The monoisotopic (exact) mass is 620 g/mol. The van der Waals surface area contributed by atoms with Crippen LogP contribution in [0, 0.1) is 10.5 Å². The van der Waals surface area contributed by atoms with Gasteiger partial charge in [-0.1, -0.05) is 48.5 Å². The maximum absolute atomic E-state index is 13.3. The number of nitrogens with zero attached hydrogens (tertiary/aromatic N) is 2. The van der Waals surface area contributed by atoms with Gasteiger partial charge in [-0.15, -0.1) is 3.89 Å². The number of benzene rings is 3. The molecule has 9 heteroatoms. The van der Waals surface area contributed by atoms with Crippen molar-refractivity contribution >= 4 is 44.6 Å². The molecule has 188 valence electrons. The number of hydrogen-bond donors (Lipinski definition) is 0. The van der Waals surface area contributed by atoms with Gasteiger partial charge in [0.15, 0.2) is 0 Å². The zero-order valence-electron chi connectivity index (χ0n) is 19.8. The van der Waals surface area contributed by atoms with Gasteiger partial charge in [0, 0.05) is 41.4 Å². The Hall–Kier alpha value is -2.66. The van der Waals surface area contributed by atoms with Crippen molar-refractivity contribution in [2.75, 3.05) is 37.7 Å². The Morgan fingerprint density at radius 2 is 1.58 bits per heavy atom. The quantitative estimate of drug-likeness (QED) is 0.280. The van der Waals surface area contributed by atoms with Crippen molar-refractivity contribution in [2.24, 2.45) is 0 Å². The summed E-state index contributed by atoms with van der Waals surface area (Å²) in [6.45, 7) is 4.21. The molecule has 1 amide bonds. The summed E-state index contributed by atoms with van der Waals surface area (Å²) in [5, 5.41) is 0. The van der Waals surface area contributed by atoms with Crippen LogP contribution in [0.5, 0.6) is 0 Å². The van der Waals surface area contributed by atoms with E-state index < -0.39 is 16.0 Å². The molecule has 0 bridgehead atoms. The normalized spacial score (nSPS) is 15.5. The summed E-state index contributed by atoms with van der Waals surface area (Å²) in [6, 6.07) is 20.2. The summed E-state index contributed by atoms with van der Waals surface area (Å²) >= 11 is 2.11. The predicted molar refractivity (Wildman–Crippen MR) is 146 cm³/mol. The molecule has 0 saturated carbocycles.